The van der Waals surface area contributed by atoms with Crippen molar-refractivity contribution in [1.29, 1.82) is 0 Å². The molecule has 5 nitrogen and oxygen atoms in total. The van der Waals surface area contributed by atoms with Crippen LogP contribution in [0, 0.1) is 10.1 Å². The van der Waals surface area contributed by atoms with Crippen molar-refractivity contribution < 1.29 is 9.72 Å². The van der Waals surface area contributed by atoms with Crippen molar-refractivity contribution in [3.05, 3.63) is 57.4 Å². The third-order valence-corrected chi connectivity index (χ3v) is 2.50. The lowest BCUT2D eigenvalue weighted by Crippen LogP contribution is -1.97. The first-order valence-electron chi connectivity index (χ1n) is 4.69. The maximum Gasteiger partial charge on any atom is 0.294 e. The van der Waals surface area contributed by atoms with Gasteiger partial charge in [0.05, 0.1) is 4.92 Å². The van der Waals surface area contributed by atoms with Crippen LogP contribution in [0.25, 0.3) is 5.69 Å². The Morgan fingerprint density at radius 3 is 2.71 bits per heavy atom. The molecule has 17 heavy (non-hydrogen) atoms. The Bertz CT molecular complexity index is 592. The smallest absolute Gasteiger partial charge is 0.294 e. The van der Waals surface area contributed by atoms with Crippen LogP contribution in [0.2, 0.25) is 5.02 Å². The second kappa shape index (κ2) is 4.39. The predicted molar refractivity (Wildman–Crippen MR) is 62.8 cm³/mol. The van der Waals surface area contributed by atoms with Gasteiger partial charge in [-0.3, -0.25) is 14.9 Å². The monoisotopic (exact) mass is 250 g/mol. The number of aromatic nitrogens is 1. The molecule has 0 atom stereocenters. The van der Waals surface area contributed by atoms with Gasteiger partial charge < -0.3 is 4.57 Å². The van der Waals surface area contributed by atoms with Gasteiger partial charge in [0.25, 0.3) is 5.69 Å². The molecule has 2 rings (SSSR count). The first-order chi connectivity index (χ1) is 8.11. The van der Waals surface area contributed by atoms with Crippen LogP contribution in [0.5, 0.6) is 0 Å². The van der Waals surface area contributed by atoms with Crippen LogP contribution in [-0.4, -0.2) is 15.8 Å². The SMILES string of the molecule is O=Cc1ccn(-c2ccc(Cl)cc2[N+](=O)[O-])c1. The van der Waals surface area contributed by atoms with Crippen LogP contribution in [0.4, 0.5) is 5.69 Å². The van der Waals surface area contributed by atoms with E-state index in [-0.39, 0.29) is 5.69 Å². The van der Waals surface area contributed by atoms with Gasteiger partial charge in [-0.05, 0) is 18.2 Å². The number of benzene rings is 1. The van der Waals surface area contributed by atoms with Gasteiger partial charge in [0, 0.05) is 29.0 Å². The van der Waals surface area contributed by atoms with Gasteiger partial charge in [0.15, 0.2) is 6.29 Å². The number of hydrogen-bond acceptors (Lipinski definition) is 3. The van der Waals surface area contributed by atoms with Crippen LogP contribution in [0.1, 0.15) is 10.4 Å². The molecule has 1 heterocycles. The Hall–Kier alpha value is -2.14. The number of halogens is 1. The van der Waals surface area contributed by atoms with Gasteiger partial charge in [-0.2, -0.15) is 0 Å². The molecular weight excluding hydrogens is 244 g/mol. The molecule has 1 aromatic heterocycles. The van der Waals surface area contributed by atoms with E-state index in [9.17, 15) is 14.9 Å². The van der Waals surface area contributed by atoms with Gasteiger partial charge in [0.1, 0.15) is 5.69 Å². The second-order valence-electron chi connectivity index (χ2n) is 3.36. The fraction of sp³-hybridized carbons (Fsp3) is 0. The van der Waals surface area contributed by atoms with Crippen molar-refractivity contribution in [1.82, 2.24) is 4.57 Å². The average molecular weight is 251 g/mol. The average Bonchev–Trinajstić information content (AvgIpc) is 2.77. The molecule has 0 aliphatic carbocycles. The first-order valence-corrected chi connectivity index (χ1v) is 5.07. The molecule has 0 aliphatic rings. The van der Waals surface area contributed by atoms with Crippen LogP contribution < -0.4 is 0 Å². The van der Waals surface area contributed by atoms with E-state index in [2.05, 4.69) is 0 Å². The molecule has 0 saturated carbocycles. The van der Waals surface area contributed by atoms with Crippen LogP contribution >= 0.6 is 11.6 Å². The molecule has 0 spiro atoms. The molecule has 2 aromatic rings. The Labute approximate surface area is 101 Å². The summed E-state index contributed by atoms with van der Waals surface area (Å²) in [6.07, 6.45) is 3.78. The van der Waals surface area contributed by atoms with Crippen molar-refractivity contribution in [3.8, 4) is 5.69 Å². The van der Waals surface area contributed by atoms with Gasteiger partial charge in [-0.15, -0.1) is 0 Å². The summed E-state index contributed by atoms with van der Waals surface area (Å²) in [7, 11) is 0. The molecule has 0 N–H and O–H groups in total. The Morgan fingerprint density at radius 1 is 1.35 bits per heavy atom. The van der Waals surface area contributed by atoms with E-state index in [4.69, 9.17) is 11.6 Å². The van der Waals surface area contributed by atoms with Crippen molar-refractivity contribution in [2.45, 2.75) is 0 Å². The molecule has 1 aromatic carbocycles. The zero-order valence-corrected chi connectivity index (χ0v) is 9.29. The van der Waals surface area contributed by atoms with Gasteiger partial charge >= 0.3 is 0 Å². The Morgan fingerprint density at radius 2 is 2.12 bits per heavy atom. The van der Waals surface area contributed by atoms with Crippen molar-refractivity contribution >= 4 is 23.6 Å². The topological polar surface area (TPSA) is 65.1 Å². The van der Waals surface area contributed by atoms with Gasteiger partial charge in [-0.1, -0.05) is 11.6 Å². The molecule has 0 amide bonds. The van der Waals surface area contributed by atoms with E-state index < -0.39 is 4.92 Å². The third kappa shape index (κ3) is 2.19. The fourth-order valence-electron chi connectivity index (χ4n) is 1.49. The summed E-state index contributed by atoms with van der Waals surface area (Å²) < 4.78 is 1.51. The van der Waals surface area contributed by atoms with Crippen LogP contribution in [0.15, 0.2) is 36.7 Å². The molecule has 0 aliphatic heterocycles. The number of nitro benzene ring substituents is 1. The zero-order valence-electron chi connectivity index (χ0n) is 8.54. The summed E-state index contributed by atoms with van der Waals surface area (Å²) in [5.74, 6) is 0. The van der Waals surface area contributed by atoms with Crippen LogP contribution in [-0.2, 0) is 0 Å². The summed E-state index contributed by atoms with van der Waals surface area (Å²) in [6, 6.07) is 5.95. The highest BCUT2D eigenvalue weighted by Gasteiger charge is 2.15. The van der Waals surface area contributed by atoms with Gasteiger partial charge in [0.2, 0.25) is 0 Å². The molecule has 0 unspecified atom stereocenters. The Kier molecular flexibility index (Phi) is 2.93. The number of rotatable bonds is 3. The van der Waals surface area contributed by atoms with E-state index in [1.807, 2.05) is 0 Å². The van der Waals surface area contributed by atoms with E-state index >= 15 is 0 Å². The molecule has 86 valence electrons. The van der Waals surface area contributed by atoms with Crippen molar-refractivity contribution in [2.24, 2.45) is 0 Å². The predicted octanol–water partition coefficient (Wildman–Crippen LogP) is 2.85. The molecule has 0 fully saturated rings. The number of nitrogens with zero attached hydrogens (tertiary/aromatic N) is 2. The number of carbonyl (C=O) groups is 1. The van der Waals surface area contributed by atoms with E-state index in [0.717, 1.165) is 0 Å². The number of nitro groups is 1. The highest BCUT2D eigenvalue weighted by Crippen LogP contribution is 2.26. The minimum atomic E-state index is -0.512. The maximum absolute atomic E-state index is 10.9. The molecular formula is C11H7ClN2O3. The normalized spacial score (nSPS) is 10.2. The quantitative estimate of drug-likeness (QED) is 0.478. The lowest BCUT2D eigenvalue weighted by Gasteiger charge is -2.04. The van der Waals surface area contributed by atoms with Gasteiger partial charge in [-0.25, -0.2) is 0 Å². The summed E-state index contributed by atoms with van der Waals surface area (Å²) in [4.78, 5) is 20.9. The zero-order chi connectivity index (χ0) is 12.4. The summed E-state index contributed by atoms with van der Waals surface area (Å²) >= 11 is 5.71. The van der Waals surface area contributed by atoms with Crippen molar-refractivity contribution in [3.63, 3.8) is 0 Å². The van der Waals surface area contributed by atoms with E-state index in [1.165, 1.54) is 22.9 Å². The minimum Gasteiger partial charge on any atom is -0.317 e. The molecule has 0 bridgehead atoms. The highest BCUT2D eigenvalue weighted by molar-refractivity contribution is 6.30. The largest absolute Gasteiger partial charge is 0.317 e. The maximum atomic E-state index is 10.9. The summed E-state index contributed by atoms with van der Waals surface area (Å²) in [5, 5.41) is 11.2. The van der Waals surface area contributed by atoms with Crippen molar-refractivity contribution in [2.75, 3.05) is 0 Å². The number of carbonyl (C=O) groups excluding carboxylic acids is 1. The molecule has 0 radical (unpaired) electrons. The summed E-state index contributed by atoms with van der Waals surface area (Å²) in [5.41, 5.74) is 0.715. The highest BCUT2D eigenvalue weighted by atomic mass is 35.5. The molecule has 6 heteroatoms. The Balaban J connectivity index is 2.58. The lowest BCUT2D eigenvalue weighted by atomic mass is 10.2. The summed E-state index contributed by atoms with van der Waals surface area (Å²) in [6.45, 7) is 0. The third-order valence-electron chi connectivity index (χ3n) is 2.26. The number of hydrogen-bond donors (Lipinski definition) is 0. The standard InChI is InChI=1S/C11H7ClN2O3/c12-9-1-2-10(11(5-9)14(16)17)13-4-3-8(6-13)7-15/h1-7H. The number of aldehydes is 1. The van der Waals surface area contributed by atoms with E-state index in [1.54, 1.807) is 18.3 Å². The lowest BCUT2D eigenvalue weighted by molar-refractivity contribution is -0.384. The molecule has 0 saturated heterocycles. The fourth-order valence-corrected chi connectivity index (χ4v) is 1.66. The van der Waals surface area contributed by atoms with Crippen LogP contribution in [0.3, 0.4) is 0 Å². The van der Waals surface area contributed by atoms with E-state index in [0.29, 0.717) is 22.6 Å². The minimum absolute atomic E-state index is 0.106. The second-order valence-corrected chi connectivity index (χ2v) is 3.80. The first kappa shape index (κ1) is 11.3.